The van der Waals surface area contributed by atoms with Crippen molar-refractivity contribution in [3.05, 3.63) is 24.3 Å². The summed E-state index contributed by atoms with van der Waals surface area (Å²) in [6.45, 7) is 4.26. The number of benzene rings is 1. The van der Waals surface area contributed by atoms with E-state index in [-0.39, 0.29) is 17.6 Å². The van der Waals surface area contributed by atoms with E-state index in [1.165, 1.54) is 31.0 Å². The molecule has 98 valence electrons. The van der Waals surface area contributed by atoms with Crippen molar-refractivity contribution in [1.29, 1.82) is 0 Å². The van der Waals surface area contributed by atoms with Gasteiger partial charge in [-0.1, -0.05) is 39.2 Å². The van der Waals surface area contributed by atoms with Gasteiger partial charge in [-0.2, -0.15) is 0 Å². The summed E-state index contributed by atoms with van der Waals surface area (Å²) in [6, 6.07) is 5.85. The van der Waals surface area contributed by atoms with E-state index in [0.29, 0.717) is 0 Å². The number of aliphatic hydroxyl groups excluding tert-OH is 1. The molecule has 0 aliphatic heterocycles. The fourth-order valence-corrected chi connectivity index (χ4v) is 1.41. The van der Waals surface area contributed by atoms with Gasteiger partial charge in [-0.3, -0.25) is 0 Å². The van der Waals surface area contributed by atoms with E-state index in [4.69, 9.17) is 10.2 Å². The first-order valence-corrected chi connectivity index (χ1v) is 6.26. The molecular weight excluding hydrogens is 216 g/mol. The smallest absolute Gasteiger partial charge is 0.119 e. The summed E-state index contributed by atoms with van der Waals surface area (Å²) in [6.07, 6.45) is 5.40. The average Bonchev–Trinajstić information content (AvgIpc) is 2.27. The summed E-state index contributed by atoms with van der Waals surface area (Å²) in [5, 5.41) is 26.5. The first kappa shape index (κ1) is 15.8. The second-order valence-corrected chi connectivity index (χ2v) is 4.10. The Balaban J connectivity index is 0.000000302. The second kappa shape index (κ2) is 9.97. The maximum absolute atomic E-state index is 9.18. The van der Waals surface area contributed by atoms with E-state index in [1.807, 2.05) is 0 Å². The van der Waals surface area contributed by atoms with Crippen molar-refractivity contribution < 1.29 is 15.3 Å². The number of phenols is 2. The van der Waals surface area contributed by atoms with E-state index in [9.17, 15) is 5.11 Å². The van der Waals surface area contributed by atoms with Crippen LogP contribution in [0.15, 0.2) is 24.3 Å². The molecule has 0 radical (unpaired) electrons. The van der Waals surface area contributed by atoms with Crippen molar-refractivity contribution in [3.8, 4) is 11.5 Å². The third kappa shape index (κ3) is 9.69. The van der Waals surface area contributed by atoms with Gasteiger partial charge in [0.05, 0.1) is 6.10 Å². The molecule has 0 saturated heterocycles. The number of aromatic hydroxyl groups is 2. The largest absolute Gasteiger partial charge is 0.508 e. The van der Waals surface area contributed by atoms with Crippen LogP contribution in [0.3, 0.4) is 0 Å². The standard InChI is InChI=1S/C8H18O.C6H6O2/c1-3-5-7-8(9)6-4-2;7-5-2-1-3-6(8)4-5/h8-9H,3-7H2,1-2H3;1-4,7-8H. The van der Waals surface area contributed by atoms with E-state index >= 15 is 0 Å². The summed E-state index contributed by atoms with van der Waals surface area (Å²) in [5.74, 6) is 0.176. The lowest BCUT2D eigenvalue weighted by Crippen LogP contribution is -2.04. The molecule has 3 nitrogen and oxygen atoms in total. The lowest BCUT2D eigenvalue weighted by Gasteiger charge is -2.06. The van der Waals surface area contributed by atoms with Crippen LogP contribution in [0.4, 0.5) is 0 Å². The molecule has 1 rings (SSSR count). The van der Waals surface area contributed by atoms with Crippen LogP contribution < -0.4 is 0 Å². The Labute approximate surface area is 104 Å². The van der Waals surface area contributed by atoms with E-state index in [2.05, 4.69) is 13.8 Å². The lowest BCUT2D eigenvalue weighted by molar-refractivity contribution is 0.150. The Morgan fingerprint density at radius 3 is 1.94 bits per heavy atom. The molecule has 0 fully saturated rings. The van der Waals surface area contributed by atoms with E-state index in [0.717, 1.165) is 19.3 Å². The van der Waals surface area contributed by atoms with Gasteiger partial charge < -0.3 is 15.3 Å². The van der Waals surface area contributed by atoms with E-state index in [1.54, 1.807) is 6.07 Å². The summed E-state index contributed by atoms with van der Waals surface area (Å²) in [7, 11) is 0. The van der Waals surface area contributed by atoms with Crippen molar-refractivity contribution in [2.45, 2.75) is 52.1 Å². The number of phenolic OH excluding ortho intramolecular Hbond substituents is 2. The Kier molecular flexibility index (Phi) is 9.25. The summed E-state index contributed by atoms with van der Waals surface area (Å²) >= 11 is 0. The molecule has 1 unspecified atom stereocenters. The fraction of sp³-hybridized carbons (Fsp3) is 0.571. The van der Waals surface area contributed by atoms with Gasteiger partial charge in [-0.05, 0) is 25.0 Å². The molecule has 0 aliphatic rings. The highest BCUT2D eigenvalue weighted by Gasteiger charge is 1.99. The highest BCUT2D eigenvalue weighted by molar-refractivity contribution is 5.30. The highest BCUT2D eigenvalue weighted by atomic mass is 16.3. The molecule has 3 heteroatoms. The zero-order valence-electron chi connectivity index (χ0n) is 10.8. The molecule has 0 heterocycles. The van der Waals surface area contributed by atoms with Crippen LogP contribution in [-0.4, -0.2) is 21.4 Å². The second-order valence-electron chi connectivity index (χ2n) is 4.10. The quantitative estimate of drug-likeness (QED) is 0.739. The van der Waals surface area contributed by atoms with Gasteiger partial charge in [0.1, 0.15) is 11.5 Å². The number of unbranched alkanes of at least 4 members (excludes halogenated alkanes) is 1. The molecule has 3 N–H and O–H groups in total. The van der Waals surface area contributed by atoms with Crippen LogP contribution in [0.1, 0.15) is 46.0 Å². The first-order chi connectivity index (χ1) is 8.10. The van der Waals surface area contributed by atoms with Gasteiger partial charge in [-0.15, -0.1) is 0 Å². The highest BCUT2D eigenvalue weighted by Crippen LogP contribution is 2.14. The molecular formula is C14H24O3. The monoisotopic (exact) mass is 240 g/mol. The Hall–Kier alpha value is -1.22. The number of rotatable bonds is 5. The van der Waals surface area contributed by atoms with Crippen LogP contribution in [0.2, 0.25) is 0 Å². The van der Waals surface area contributed by atoms with Gasteiger partial charge in [0.25, 0.3) is 0 Å². The Morgan fingerprint density at radius 1 is 1.00 bits per heavy atom. The minimum absolute atomic E-state index is 0.0325. The number of hydrogen-bond acceptors (Lipinski definition) is 3. The van der Waals surface area contributed by atoms with Crippen LogP contribution in [-0.2, 0) is 0 Å². The zero-order chi connectivity index (χ0) is 13.1. The third-order valence-corrected chi connectivity index (χ3v) is 2.34. The number of hydrogen-bond donors (Lipinski definition) is 3. The number of aliphatic hydroxyl groups is 1. The lowest BCUT2D eigenvalue weighted by atomic mass is 10.1. The maximum atomic E-state index is 9.18. The van der Waals surface area contributed by atoms with Crippen molar-refractivity contribution in [1.82, 2.24) is 0 Å². The van der Waals surface area contributed by atoms with Crippen LogP contribution in [0.25, 0.3) is 0 Å². The molecule has 1 aromatic carbocycles. The van der Waals surface area contributed by atoms with Crippen LogP contribution in [0.5, 0.6) is 11.5 Å². The predicted molar refractivity (Wildman–Crippen MR) is 70.2 cm³/mol. The minimum Gasteiger partial charge on any atom is -0.508 e. The molecule has 1 atom stereocenters. The van der Waals surface area contributed by atoms with Crippen LogP contribution in [0, 0.1) is 0 Å². The Bertz CT molecular complexity index is 269. The van der Waals surface area contributed by atoms with Crippen LogP contribution >= 0.6 is 0 Å². The molecule has 0 spiro atoms. The van der Waals surface area contributed by atoms with Gasteiger partial charge in [0.2, 0.25) is 0 Å². The van der Waals surface area contributed by atoms with Gasteiger partial charge in [0.15, 0.2) is 0 Å². The average molecular weight is 240 g/mol. The third-order valence-electron chi connectivity index (χ3n) is 2.34. The van der Waals surface area contributed by atoms with Crippen molar-refractivity contribution >= 4 is 0 Å². The van der Waals surface area contributed by atoms with Gasteiger partial charge in [0, 0.05) is 6.07 Å². The van der Waals surface area contributed by atoms with Crippen molar-refractivity contribution in [2.24, 2.45) is 0 Å². The van der Waals surface area contributed by atoms with Gasteiger partial charge >= 0.3 is 0 Å². The molecule has 0 saturated carbocycles. The molecule has 0 amide bonds. The Morgan fingerprint density at radius 2 is 1.59 bits per heavy atom. The SMILES string of the molecule is CCCCC(O)CCC.Oc1cccc(O)c1. The minimum atomic E-state index is -0.0325. The van der Waals surface area contributed by atoms with Crippen molar-refractivity contribution in [3.63, 3.8) is 0 Å². The summed E-state index contributed by atoms with van der Waals surface area (Å²) in [5.41, 5.74) is 0. The molecule has 0 bridgehead atoms. The zero-order valence-corrected chi connectivity index (χ0v) is 10.8. The fourth-order valence-electron chi connectivity index (χ4n) is 1.41. The molecule has 0 aliphatic carbocycles. The van der Waals surface area contributed by atoms with Gasteiger partial charge in [-0.25, -0.2) is 0 Å². The molecule has 0 aromatic heterocycles. The van der Waals surface area contributed by atoms with Crippen molar-refractivity contribution in [2.75, 3.05) is 0 Å². The predicted octanol–water partition coefficient (Wildman–Crippen LogP) is 3.44. The first-order valence-electron chi connectivity index (χ1n) is 6.26. The molecule has 1 aromatic rings. The van der Waals surface area contributed by atoms with E-state index < -0.39 is 0 Å². The topological polar surface area (TPSA) is 60.7 Å². The molecule has 17 heavy (non-hydrogen) atoms. The maximum Gasteiger partial charge on any atom is 0.119 e. The summed E-state index contributed by atoms with van der Waals surface area (Å²) in [4.78, 5) is 0. The normalized spacial score (nSPS) is 11.5. The summed E-state index contributed by atoms with van der Waals surface area (Å²) < 4.78 is 0.